The van der Waals surface area contributed by atoms with Crippen molar-refractivity contribution in [2.24, 2.45) is 0 Å². The Morgan fingerprint density at radius 1 is 1.40 bits per heavy atom. The summed E-state index contributed by atoms with van der Waals surface area (Å²) in [5, 5.41) is 13.0. The van der Waals surface area contributed by atoms with E-state index < -0.39 is 0 Å². The first kappa shape index (κ1) is 12.7. The zero-order valence-electron chi connectivity index (χ0n) is 10.0. The van der Waals surface area contributed by atoms with E-state index in [4.69, 9.17) is 0 Å². The van der Waals surface area contributed by atoms with Gasteiger partial charge in [-0.1, -0.05) is 27.7 Å². The highest BCUT2D eigenvalue weighted by Crippen LogP contribution is 2.32. The van der Waals surface area contributed by atoms with Crippen LogP contribution in [0.3, 0.4) is 0 Å². The molecule has 0 aromatic carbocycles. The molecule has 0 radical (unpaired) electrons. The van der Waals surface area contributed by atoms with Crippen molar-refractivity contribution < 1.29 is 5.11 Å². The Kier molecular flexibility index (Phi) is 4.32. The van der Waals surface area contributed by atoms with Crippen LogP contribution in [0.4, 0.5) is 0 Å². The van der Waals surface area contributed by atoms with Gasteiger partial charge in [-0.2, -0.15) is 0 Å². The molecule has 1 rings (SSSR count). The average molecular weight is 227 g/mol. The molecule has 0 aliphatic carbocycles. The lowest BCUT2D eigenvalue weighted by atomic mass is 9.95. The molecule has 1 unspecified atom stereocenters. The van der Waals surface area contributed by atoms with E-state index in [1.54, 1.807) is 11.3 Å². The molecule has 1 heterocycles. The molecule has 0 amide bonds. The minimum Gasteiger partial charge on any atom is -0.386 e. The summed E-state index contributed by atoms with van der Waals surface area (Å²) < 4.78 is 0. The number of aliphatic hydroxyl groups excluding tert-OH is 1. The zero-order chi connectivity index (χ0) is 11.5. The van der Waals surface area contributed by atoms with Gasteiger partial charge in [0.25, 0.3) is 0 Å². The SMILES string of the molecule is CCNCC(O)c1ccc(C(C)(C)C)s1. The summed E-state index contributed by atoms with van der Waals surface area (Å²) in [6.45, 7) is 10.2. The quantitative estimate of drug-likeness (QED) is 0.829. The van der Waals surface area contributed by atoms with Crippen molar-refractivity contribution in [3.05, 3.63) is 21.9 Å². The van der Waals surface area contributed by atoms with Crippen LogP contribution in [0.15, 0.2) is 12.1 Å². The van der Waals surface area contributed by atoms with Crippen LogP contribution in [0.25, 0.3) is 0 Å². The summed E-state index contributed by atoms with van der Waals surface area (Å²) in [5.74, 6) is 0. The summed E-state index contributed by atoms with van der Waals surface area (Å²) in [5.41, 5.74) is 0.181. The predicted molar refractivity (Wildman–Crippen MR) is 66.5 cm³/mol. The highest BCUT2D eigenvalue weighted by atomic mass is 32.1. The minimum atomic E-state index is -0.369. The summed E-state index contributed by atoms with van der Waals surface area (Å²) >= 11 is 1.71. The predicted octanol–water partition coefficient (Wildman–Crippen LogP) is 2.69. The lowest BCUT2D eigenvalue weighted by Gasteiger charge is -2.15. The van der Waals surface area contributed by atoms with E-state index in [1.165, 1.54) is 4.88 Å². The molecular formula is C12H21NOS. The Labute approximate surface area is 96.3 Å². The van der Waals surface area contributed by atoms with Crippen LogP contribution in [0, 0.1) is 0 Å². The topological polar surface area (TPSA) is 32.3 Å². The van der Waals surface area contributed by atoms with Crippen LogP contribution in [0.1, 0.15) is 43.6 Å². The summed E-state index contributed by atoms with van der Waals surface area (Å²) in [6, 6.07) is 4.16. The summed E-state index contributed by atoms with van der Waals surface area (Å²) in [7, 11) is 0. The van der Waals surface area contributed by atoms with Gasteiger partial charge in [0.2, 0.25) is 0 Å². The van der Waals surface area contributed by atoms with Gasteiger partial charge in [-0.05, 0) is 24.1 Å². The zero-order valence-corrected chi connectivity index (χ0v) is 10.8. The van der Waals surface area contributed by atoms with Crippen LogP contribution in [0.5, 0.6) is 0 Å². The van der Waals surface area contributed by atoms with Gasteiger partial charge in [0.05, 0.1) is 0 Å². The number of hydrogen-bond acceptors (Lipinski definition) is 3. The molecule has 0 aliphatic rings. The van der Waals surface area contributed by atoms with Gasteiger partial charge in [0.15, 0.2) is 0 Å². The molecule has 1 aromatic heterocycles. The van der Waals surface area contributed by atoms with Crippen LogP contribution in [-0.2, 0) is 5.41 Å². The van der Waals surface area contributed by atoms with Crippen LogP contribution in [-0.4, -0.2) is 18.2 Å². The Balaban J connectivity index is 2.67. The number of nitrogens with one attached hydrogen (secondary N) is 1. The largest absolute Gasteiger partial charge is 0.386 e. The Hall–Kier alpha value is -0.380. The molecule has 1 aromatic rings. The molecule has 0 saturated carbocycles. The summed E-state index contributed by atoms with van der Waals surface area (Å²) in [6.07, 6.45) is -0.369. The molecule has 0 aliphatic heterocycles. The number of thiophene rings is 1. The first-order chi connectivity index (χ1) is 6.95. The number of likely N-dealkylation sites (N-methyl/N-ethyl adjacent to an activating group) is 1. The third kappa shape index (κ3) is 3.59. The number of rotatable bonds is 4. The van der Waals surface area contributed by atoms with Crippen molar-refractivity contribution in [3.8, 4) is 0 Å². The average Bonchev–Trinajstić information content (AvgIpc) is 2.62. The van der Waals surface area contributed by atoms with Crippen molar-refractivity contribution >= 4 is 11.3 Å². The molecular weight excluding hydrogens is 206 g/mol. The Morgan fingerprint density at radius 2 is 2.07 bits per heavy atom. The van der Waals surface area contributed by atoms with Crippen LogP contribution < -0.4 is 5.32 Å². The minimum absolute atomic E-state index is 0.181. The molecule has 3 heteroatoms. The Bertz CT molecular complexity index is 301. The normalized spacial score (nSPS) is 14.2. The van der Waals surface area contributed by atoms with Crippen molar-refractivity contribution in [3.63, 3.8) is 0 Å². The molecule has 86 valence electrons. The monoisotopic (exact) mass is 227 g/mol. The first-order valence-corrected chi connectivity index (χ1v) is 6.25. The van der Waals surface area contributed by atoms with Gasteiger partial charge >= 0.3 is 0 Å². The van der Waals surface area contributed by atoms with Gasteiger partial charge < -0.3 is 10.4 Å². The second kappa shape index (κ2) is 5.10. The van der Waals surface area contributed by atoms with E-state index in [9.17, 15) is 5.11 Å². The summed E-state index contributed by atoms with van der Waals surface area (Å²) in [4.78, 5) is 2.38. The van der Waals surface area contributed by atoms with Crippen molar-refractivity contribution in [1.82, 2.24) is 5.32 Å². The molecule has 0 spiro atoms. The van der Waals surface area contributed by atoms with Crippen LogP contribution in [0.2, 0.25) is 0 Å². The van der Waals surface area contributed by atoms with Gasteiger partial charge in [-0.3, -0.25) is 0 Å². The van der Waals surface area contributed by atoms with Gasteiger partial charge in [0.1, 0.15) is 6.10 Å². The van der Waals surface area contributed by atoms with Gasteiger partial charge in [0, 0.05) is 16.3 Å². The fraction of sp³-hybridized carbons (Fsp3) is 0.667. The Morgan fingerprint density at radius 3 is 2.53 bits per heavy atom. The highest BCUT2D eigenvalue weighted by molar-refractivity contribution is 7.12. The fourth-order valence-corrected chi connectivity index (χ4v) is 2.37. The highest BCUT2D eigenvalue weighted by Gasteiger charge is 2.18. The molecule has 0 bridgehead atoms. The van der Waals surface area contributed by atoms with Gasteiger partial charge in [-0.25, -0.2) is 0 Å². The van der Waals surface area contributed by atoms with E-state index >= 15 is 0 Å². The number of aliphatic hydroxyl groups is 1. The molecule has 1 atom stereocenters. The van der Waals surface area contributed by atoms with Crippen LogP contribution >= 0.6 is 11.3 Å². The second-order valence-corrected chi connectivity index (χ2v) is 5.89. The smallest absolute Gasteiger partial charge is 0.101 e. The standard InChI is InChI=1S/C12H21NOS/c1-5-13-8-9(14)10-6-7-11(15-10)12(2,3)4/h6-7,9,13-14H,5,8H2,1-4H3. The molecule has 0 saturated heterocycles. The maximum absolute atomic E-state index is 9.88. The maximum atomic E-state index is 9.88. The first-order valence-electron chi connectivity index (χ1n) is 5.44. The van der Waals surface area contributed by atoms with E-state index in [0.29, 0.717) is 6.54 Å². The lowest BCUT2D eigenvalue weighted by Crippen LogP contribution is -2.20. The van der Waals surface area contributed by atoms with Crippen molar-refractivity contribution in [1.29, 1.82) is 0 Å². The third-order valence-electron chi connectivity index (χ3n) is 2.28. The van der Waals surface area contributed by atoms with E-state index in [2.05, 4.69) is 32.2 Å². The molecule has 0 fully saturated rings. The van der Waals surface area contributed by atoms with Gasteiger partial charge in [-0.15, -0.1) is 11.3 Å². The van der Waals surface area contributed by atoms with E-state index in [1.807, 2.05) is 13.0 Å². The molecule has 15 heavy (non-hydrogen) atoms. The van der Waals surface area contributed by atoms with Crippen molar-refractivity contribution in [2.75, 3.05) is 13.1 Å². The molecule has 2 nitrogen and oxygen atoms in total. The number of hydrogen-bond donors (Lipinski definition) is 2. The van der Waals surface area contributed by atoms with E-state index in [0.717, 1.165) is 11.4 Å². The fourth-order valence-electron chi connectivity index (χ4n) is 1.32. The third-order valence-corrected chi connectivity index (χ3v) is 3.89. The lowest BCUT2D eigenvalue weighted by molar-refractivity contribution is 0.179. The van der Waals surface area contributed by atoms with Crippen molar-refractivity contribution in [2.45, 2.75) is 39.2 Å². The van der Waals surface area contributed by atoms with E-state index in [-0.39, 0.29) is 11.5 Å². The maximum Gasteiger partial charge on any atom is 0.101 e. The second-order valence-electron chi connectivity index (χ2n) is 4.78. The molecule has 2 N–H and O–H groups in total.